The number of carbonyl (C=O) groups is 1. The van der Waals surface area contributed by atoms with Crippen LogP contribution in [-0.2, 0) is 6.42 Å². The molecule has 0 aliphatic carbocycles. The summed E-state index contributed by atoms with van der Waals surface area (Å²) in [5, 5.41) is 7.12. The molecule has 0 saturated heterocycles. The molecule has 108 valence electrons. The largest absolute Gasteiger partial charge is 0.386 e. The molecule has 1 amide bonds. The number of rotatable bonds is 5. The fourth-order valence-electron chi connectivity index (χ4n) is 2.24. The first-order valence-corrected chi connectivity index (χ1v) is 7.82. The Kier molecular flexibility index (Phi) is 4.60. The van der Waals surface area contributed by atoms with Gasteiger partial charge in [-0.15, -0.1) is 11.3 Å². The average molecular weight is 291 g/mol. The highest BCUT2D eigenvalue weighted by Gasteiger charge is 2.19. The highest BCUT2D eigenvalue weighted by atomic mass is 32.1. The van der Waals surface area contributed by atoms with Crippen molar-refractivity contribution in [2.24, 2.45) is 0 Å². The standard InChI is InChI=1S/C15H21N3OS/c1-5-7-17-14(19)13-12(16-4)10-8-9(3)11(6-2)18-15(10)20-13/h8,16H,5-7H2,1-4H3,(H,17,19). The smallest absolute Gasteiger partial charge is 0.263 e. The van der Waals surface area contributed by atoms with Gasteiger partial charge in [0, 0.05) is 24.7 Å². The van der Waals surface area contributed by atoms with Crippen molar-refractivity contribution in [3.63, 3.8) is 0 Å². The SMILES string of the molecule is CCCNC(=O)c1sc2nc(CC)c(C)cc2c1NC. The van der Waals surface area contributed by atoms with Gasteiger partial charge in [0.05, 0.1) is 5.69 Å². The lowest BCUT2D eigenvalue weighted by Crippen LogP contribution is -2.23. The Hall–Kier alpha value is -1.62. The summed E-state index contributed by atoms with van der Waals surface area (Å²) in [6.07, 6.45) is 1.84. The van der Waals surface area contributed by atoms with Crippen LogP contribution in [0.25, 0.3) is 10.2 Å². The predicted octanol–water partition coefficient (Wildman–Crippen LogP) is 3.35. The van der Waals surface area contributed by atoms with Gasteiger partial charge >= 0.3 is 0 Å². The molecule has 0 bridgehead atoms. The topological polar surface area (TPSA) is 54.0 Å². The number of anilines is 1. The Bertz CT molecular complexity index is 634. The average Bonchev–Trinajstić information content (AvgIpc) is 2.81. The van der Waals surface area contributed by atoms with Crippen molar-refractivity contribution in [3.05, 3.63) is 22.2 Å². The van der Waals surface area contributed by atoms with Crippen molar-refractivity contribution in [1.29, 1.82) is 0 Å². The number of carbonyl (C=O) groups excluding carboxylic acids is 1. The van der Waals surface area contributed by atoms with Crippen LogP contribution in [0, 0.1) is 6.92 Å². The molecule has 2 N–H and O–H groups in total. The number of aromatic nitrogens is 1. The van der Waals surface area contributed by atoms with Gasteiger partial charge in [0.25, 0.3) is 5.91 Å². The zero-order valence-corrected chi connectivity index (χ0v) is 13.3. The minimum Gasteiger partial charge on any atom is -0.386 e. The molecule has 5 heteroatoms. The second-order valence-corrected chi connectivity index (χ2v) is 5.77. The Morgan fingerprint density at radius 2 is 2.15 bits per heavy atom. The van der Waals surface area contributed by atoms with Gasteiger partial charge in [-0.1, -0.05) is 13.8 Å². The summed E-state index contributed by atoms with van der Waals surface area (Å²) in [5.41, 5.74) is 3.16. The first-order valence-electron chi connectivity index (χ1n) is 7.01. The van der Waals surface area contributed by atoms with E-state index in [1.807, 2.05) is 14.0 Å². The number of aryl methyl sites for hydroxylation is 2. The van der Waals surface area contributed by atoms with Crippen LogP contribution >= 0.6 is 11.3 Å². The molecule has 0 unspecified atom stereocenters. The van der Waals surface area contributed by atoms with Gasteiger partial charge in [-0.3, -0.25) is 4.79 Å². The van der Waals surface area contributed by atoms with E-state index in [1.165, 1.54) is 16.9 Å². The molecule has 4 nitrogen and oxygen atoms in total. The van der Waals surface area contributed by atoms with Crippen LogP contribution in [0.3, 0.4) is 0 Å². The highest BCUT2D eigenvalue weighted by Crippen LogP contribution is 2.35. The molecule has 0 aromatic carbocycles. The van der Waals surface area contributed by atoms with E-state index in [4.69, 9.17) is 0 Å². The lowest BCUT2D eigenvalue weighted by atomic mass is 10.1. The summed E-state index contributed by atoms with van der Waals surface area (Å²) in [5.74, 6) is -0.0186. The van der Waals surface area contributed by atoms with Crippen molar-refractivity contribution in [1.82, 2.24) is 10.3 Å². The minimum atomic E-state index is -0.0186. The molecule has 2 aromatic rings. The summed E-state index contributed by atoms with van der Waals surface area (Å²) in [6.45, 7) is 6.91. The monoisotopic (exact) mass is 291 g/mol. The van der Waals surface area contributed by atoms with Crippen LogP contribution in [0.2, 0.25) is 0 Å². The fourth-order valence-corrected chi connectivity index (χ4v) is 3.34. The van der Waals surface area contributed by atoms with E-state index in [9.17, 15) is 4.79 Å². The number of pyridine rings is 1. The maximum atomic E-state index is 12.2. The Balaban J connectivity index is 2.53. The zero-order chi connectivity index (χ0) is 14.7. The second-order valence-electron chi connectivity index (χ2n) is 4.77. The van der Waals surface area contributed by atoms with Crippen LogP contribution in [0.5, 0.6) is 0 Å². The Morgan fingerprint density at radius 3 is 2.75 bits per heavy atom. The van der Waals surface area contributed by atoms with Crippen LogP contribution in [0.4, 0.5) is 5.69 Å². The maximum Gasteiger partial charge on any atom is 0.263 e. The molecule has 20 heavy (non-hydrogen) atoms. The predicted molar refractivity (Wildman–Crippen MR) is 85.9 cm³/mol. The third kappa shape index (κ3) is 2.63. The summed E-state index contributed by atoms with van der Waals surface area (Å²) < 4.78 is 0. The second kappa shape index (κ2) is 6.22. The quantitative estimate of drug-likeness (QED) is 0.888. The molecule has 0 fully saturated rings. The number of nitrogens with zero attached hydrogens (tertiary/aromatic N) is 1. The van der Waals surface area contributed by atoms with Crippen LogP contribution in [0.15, 0.2) is 6.07 Å². The third-order valence-corrected chi connectivity index (χ3v) is 4.40. The van der Waals surface area contributed by atoms with Crippen molar-refractivity contribution in [3.8, 4) is 0 Å². The van der Waals surface area contributed by atoms with Crippen molar-refractivity contribution >= 4 is 33.1 Å². The van der Waals surface area contributed by atoms with Crippen molar-refractivity contribution in [2.45, 2.75) is 33.6 Å². The summed E-state index contributed by atoms with van der Waals surface area (Å²) >= 11 is 1.46. The first-order chi connectivity index (χ1) is 9.62. The molecule has 2 rings (SSSR count). The minimum absolute atomic E-state index is 0.0186. The summed E-state index contributed by atoms with van der Waals surface area (Å²) in [7, 11) is 1.85. The molecule has 0 saturated carbocycles. The van der Waals surface area contributed by atoms with E-state index in [2.05, 4.69) is 35.5 Å². The molecule has 2 aromatic heterocycles. The zero-order valence-electron chi connectivity index (χ0n) is 12.5. The molecule has 2 heterocycles. The van der Waals surface area contributed by atoms with E-state index in [-0.39, 0.29) is 5.91 Å². The Labute approximate surface area is 123 Å². The molecule has 0 spiro atoms. The molecular weight excluding hydrogens is 270 g/mol. The number of fused-ring (bicyclic) bond motifs is 1. The normalized spacial score (nSPS) is 10.8. The number of hydrogen-bond acceptors (Lipinski definition) is 4. The molecular formula is C15H21N3OS. The fraction of sp³-hybridized carbons (Fsp3) is 0.467. The van der Waals surface area contributed by atoms with E-state index in [1.54, 1.807) is 0 Å². The lowest BCUT2D eigenvalue weighted by Gasteiger charge is -2.05. The number of nitrogens with one attached hydrogen (secondary N) is 2. The van der Waals surface area contributed by atoms with E-state index >= 15 is 0 Å². The summed E-state index contributed by atoms with van der Waals surface area (Å²) in [4.78, 5) is 18.6. The van der Waals surface area contributed by atoms with E-state index in [0.717, 1.165) is 39.3 Å². The molecule has 0 radical (unpaired) electrons. The van der Waals surface area contributed by atoms with Gasteiger partial charge in [-0.05, 0) is 31.4 Å². The van der Waals surface area contributed by atoms with Crippen LogP contribution in [-0.4, -0.2) is 24.5 Å². The molecule has 0 aliphatic heterocycles. The number of hydrogen-bond donors (Lipinski definition) is 2. The van der Waals surface area contributed by atoms with Gasteiger partial charge in [0.15, 0.2) is 0 Å². The van der Waals surface area contributed by atoms with Gasteiger partial charge in [-0.25, -0.2) is 4.98 Å². The Morgan fingerprint density at radius 1 is 1.40 bits per heavy atom. The summed E-state index contributed by atoms with van der Waals surface area (Å²) in [6, 6.07) is 2.13. The van der Waals surface area contributed by atoms with E-state index in [0.29, 0.717) is 6.54 Å². The highest BCUT2D eigenvalue weighted by molar-refractivity contribution is 7.21. The number of amides is 1. The van der Waals surface area contributed by atoms with Crippen molar-refractivity contribution in [2.75, 3.05) is 18.9 Å². The van der Waals surface area contributed by atoms with Gasteiger partial charge in [0.2, 0.25) is 0 Å². The number of thiophene rings is 1. The van der Waals surface area contributed by atoms with E-state index < -0.39 is 0 Å². The lowest BCUT2D eigenvalue weighted by molar-refractivity contribution is 0.0958. The molecule has 0 atom stereocenters. The third-order valence-electron chi connectivity index (χ3n) is 3.30. The first kappa shape index (κ1) is 14.8. The van der Waals surface area contributed by atoms with Gasteiger partial charge < -0.3 is 10.6 Å². The van der Waals surface area contributed by atoms with Gasteiger partial charge in [0.1, 0.15) is 9.71 Å². The molecule has 0 aliphatic rings. The van der Waals surface area contributed by atoms with Crippen LogP contribution in [0.1, 0.15) is 41.2 Å². The van der Waals surface area contributed by atoms with Gasteiger partial charge in [-0.2, -0.15) is 0 Å². The van der Waals surface area contributed by atoms with Crippen molar-refractivity contribution < 1.29 is 4.79 Å². The maximum absolute atomic E-state index is 12.2. The van der Waals surface area contributed by atoms with Crippen LogP contribution < -0.4 is 10.6 Å².